The molecule has 0 spiro atoms. The van der Waals surface area contributed by atoms with Crippen molar-refractivity contribution in [1.82, 2.24) is 10.2 Å². The molecule has 11 heavy (non-hydrogen) atoms. The van der Waals surface area contributed by atoms with Crippen LogP contribution in [0.4, 0.5) is 0 Å². The highest BCUT2D eigenvalue weighted by Crippen LogP contribution is 2.28. The van der Waals surface area contributed by atoms with Crippen LogP contribution in [-0.4, -0.2) is 10.2 Å². The van der Waals surface area contributed by atoms with Crippen LogP contribution < -0.4 is 5.73 Å². The van der Waals surface area contributed by atoms with Crippen molar-refractivity contribution in [3.8, 4) is 0 Å². The molecule has 4 heteroatoms. The van der Waals surface area contributed by atoms with Gasteiger partial charge in [0.2, 0.25) is 12.3 Å². The molecule has 0 fully saturated rings. The van der Waals surface area contributed by atoms with E-state index in [1.165, 1.54) is 6.39 Å². The molecule has 0 saturated heterocycles. The molecule has 4 nitrogen and oxygen atoms in total. The molecule has 62 valence electrons. The highest BCUT2D eigenvalue weighted by Gasteiger charge is 2.25. The highest BCUT2D eigenvalue weighted by molar-refractivity contribution is 4.91. The average Bonchev–Trinajstić information content (AvgIpc) is 2.34. The summed E-state index contributed by atoms with van der Waals surface area (Å²) in [6.45, 7) is 6.09. The maximum Gasteiger partial charge on any atom is 0.233 e. The van der Waals surface area contributed by atoms with Gasteiger partial charge in [0.1, 0.15) is 0 Å². The lowest BCUT2D eigenvalue weighted by molar-refractivity contribution is 0.277. The van der Waals surface area contributed by atoms with Gasteiger partial charge in [0.25, 0.3) is 0 Å². The lowest BCUT2D eigenvalue weighted by Gasteiger charge is -2.23. The lowest BCUT2D eigenvalue weighted by Crippen LogP contribution is -2.26. The fourth-order valence-electron chi connectivity index (χ4n) is 0.688. The molecule has 1 atom stereocenters. The molecule has 0 aliphatic carbocycles. The first-order chi connectivity index (χ1) is 5.02. The van der Waals surface area contributed by atoms with Crippen LogP contribution in [0.15, 0.2) is 10.8 Å². The number of nitrogens with zero attached hydrogens (tertiary/aromatic N) is 2. The zero-order valence-electron chi connectivity index (χ0n) is 7.03. The predicted molar refractivity (Wildman–Crippen MR) is 40.7 cm³/mol. The summed E-state index contributed by atoms with van der Waals surface area (Å²) >= 11 is 0. The van der Waals surface area contributed by atoms with E-state index in [-0.39, 0.29) is 11.5 Å². The summed E-state index contributed by atoms with van der Waals surface area (Å²) in [6.07, 6.45) is 1.29. The van der Waals surface area contributed by atoms with Crippen LogP contribution in [0.3, 0.4) is 0 Å². The van der Waals surface area contributed by atoms with E-state index in [0.717, 1.165) is 0 Å². The van der Waals surface area contributed by atoms with E-state index in [0.29, 0.717) is 5.89 Å². The first kappa shape index (κ1) is 8.20. The van der Waals surface area contributed by atoms with Crippen LogP contribution in [0.2, 0.25) is 0 Å². The van der Waals surface area contributed by atoms with Crippen LogP contribution in [0.5, 0.6) is 0 Å². The van der Waals surface area contributed by atoms with Gasteiger partial charge in [-0.3, -0.25) is 0 Å². The Morgan fingerprint density at radius 3 is 2.55 bits per heavy atom. The molecule has 0 amide bonds. The first-order valence-corrected chi connectivity index (χ1v) is 3.53. The summed E-state index contributed by atoms with van der Waals surface area (Å²) in [4.78, 5) is 0. The fourth-order valence-corrected chi connectivity index (χ4v) is 0.688. The maximum atomic E-state index is 5.82. The molecule has 0 unspecified atom stereocenters. The van der Waals surface area contributed by atoms with E-state index in [2.05, 4.69) is 10.2 Å². The van der Waals surface area contributed by atoms with Crippen molar-refractivity contribution in [3.05, 3.63) is 12.3 Å². The van der Waals surface area contributed by atoms with Crippen molar-refractivity contribution in [2.75, 3.05) is 0 Å². The molecule has 0 aliphatic rings. The number of rotatable bonds is 1. The van der Waals surface area contributed by atoms with Crippen molar-refractivity contribution in [3.63, 3.8) is 0 Å². The van der Waals surface area contributed by atoms with E-state index in [4.69, 9.17) is 10.2 Å². The molecular formula is C7H13N3O. The minimum Gasteiger partial charge on any atom is -0.426 e. The Morgan fingerprint density at radius 1 is 1.55 bits per heavy atom. The molecule has 0 bridgehead atoms. The molecule has 1 heterocycles. The molecule has 1 aromatic heterocycles. The third-order valence-electron chi connectivity index (χ3n) is 1.58. The van der Waals surface area contributed by atoms with Crippen LogP contribution in [0.1, 0.15) is 32.7 Å². The number of hydrogen-bond acceptors (Lipinski definition) is 4. The summed E-state index contributed by atoms with van der Waals surface area (Å²) in [7, 11) is 0. The Balaban J connectivity index is 2.78. The molecule has 2 N–H and O–H groups in total. The van der Waals surface area contributed by atoms with Gasteiger partial charge >= 0.3 is 0 Å². The van der Waals surface area contributed by atoms with Gasteiger partial charge in [-0.1, -0.05) is 20.8 Å². The molecule has 0 aromatic carbocycles. The van der Waals surface area contributed by atoms with Gasteiger partial charge in [-0.05, 0) is 5.41 Å². The molecule has 1 aromatic rings. The molecule has 1 rings (SSSR count). The average molecular weight is 155 g/mol. The Labute approximate surface area is 65.8 Å². The largest absolute Gasteiger partial charge is 0.426 e. The third kappa shape index (κ3) is 1.77. The summed E-state index contributed by atoms with van der Waals surface area (Å²) in [5.41, 5.74) is 5.79. The van der Waals surface area contributed by atoms with Crippen molar-refractivity contribution in [1.29, 1.82) is 0 Å². The normalized spacial score (nSPS) is 14.9. The molecule has 0 radical (unpaired) electrons. The maximum absolute atomic E-state index is 5.82. The second kappa shape index (κ2) is 2.62. The van der Waals surface area contributed by atoms with Crippen LogP contribution in [0.25, 0.3) is 0 Å². The van der Waals surface area contributed by atoms with Gasteiger partial charge in [0, 0.05) is 0 Å². The quantitative estimate of drug-likeness (QED) is 0.659. The number of hydrogen-bond donors (Lipinski definition) is 1. The highest BCUT2D eigenvalue weighted by atomic mass is 16.4. The van der Waals surface area contributed by atoms with E-state index >= 15 is 0 Å². The monoisotopic (exact) mass is 155 g/mol. The smallest absolute Gasteiger partial charge is 0.233 e. The van der Waals surface area contributed by atoms with Gasteiger partial charge in [-0.25, -0.2) is 0 Å². The van der Waals surface area contributed by atoms with Crippen LogP contribution in [0, 0.1) is 5.41 Å². The van der Waals surface area contributed by atoms with Crippen LogP contribution in [-0.2, 0) is 0 Å². The molecule has 0 saturated carbocycles. The standard InChI is InChI=1S/C7H13N3O/c1-7(2,3)5(8)6-10-9-4-11-6/h4-5H,8H2,1-3H3/t5-/m1/s1. The zero-order valence-corrected chi connectivity index (χ0v) is 7.03. The van der Waals surface area contributed by atoms with Crippen molar-refractivity contribution >= 4 is 0 Å². The summed E-state index contributed by atoms with van der Waals surface area (Å²) in [5, 5.41) is 7.30. The van der Waals surface area contributed by atoms with Gasteiger partial charge in [0.15, 0.2) is 0 Å². The van der Waals surface area contributed by atoms with Crippen molar-refractivity contribution in [2.45, 2.75) is 26.8 Å². The van der Waals surface area contributed by atoms with Gasteiger partial charge in [0.05, 0.1) is 6.04 Å². The van der Waals surface area contributed by atoms with Gasteiger partial charge in [-0.15, -0.1) is 10.2 Å². The fraction of sp³-hybridized carbons (Fsp3) is 0.714. The van der Waals surface area contributed by atoms with E-state index < -0.39 is 0 Å². The van der Waals surface area contributed by atoms with Crippen molar-refractivity contribution < 1.29 is 4.42 Å². The minimum absolute atomic E-state index is 0.0352. The SMILES string of the molecule is CC(C)(C)[C@H](N)c1nnco1. The summed E-state index contributed by atoms with van der Waals surface area (Å²) < 4.78 is 4.97. The van der Waals surface area contributed by atoms with E-state index in [1.54, 1.807) is 0 Å². The number of aromatic nitrogens is 2. The Bertz CT molecular complexity index is 212. The lowest BCUT2D eigenvalue weighted by atomic mass is 9.87. The summed E-state index contributed by atoms with van der Waals surface area (Å²) in [6, 6.07) is -0.190. The Hall–Kier alpha value is -0.900. The minimum atomic E-state index is -0.190. The van der Waals surface area contributed by atoms with Crippen molar-refractivity contribution in [2.24, 2.45) is 11.1 Å². The molecular weight excluding hydrogens is 142 g/mol. The second-order valence-electron chi connectivity index (χ2n) is 3.62. The molecule has 0 aliphatic heterocycles. The Morgan fingerprint density at radius 2 is 2.18 bits per heavy atom. The topological polar surface area (TPSA) is 64.9 Å². The van der Waals surface area contributed by atoms with Gasteiger partial charge in [-0.2, -0.15) is 0 Å². The Kier molecular flexibility index (Phi) is 1.95. The first-order valence-electron chi connectivity index (χ1n) is 3.53. The van der Waals surface area contributed by atoms with Gasteiger partial charge < -0.3 is 10.2 Å². The number of nitrogens with two attached hydrogens (primary N) is 1. The zero-order chi connectivity index (χ0) is 8.48. The van der Waals surface area contributed by atoms with E-state index in [1.807, 2.05) is 20.8 Å². The van der Waals surface area contributed by atoms with E-state index in [9.17, 15) is 0 Å². The third-order valence-corrected chi connectivity index (χ3v) is 1.58. The predicted octanol–water partition coefficient (Wildman–Crippen LogP) is 1.12. The second-order valence-corrected chi connectivity index (χ2v) is 3.62. The van der Waals surface area contributed by atoms with Crippen LogP contribution >= 0.6 is 0 Å². The summed E-state index contributed by atoms with van der Waals surface area (Å²) in [5.74, 6) is 0.498.